The average molecular weight is 247 g/mol. The summed E-state index contributed by atoms with van der Waals surface area (Å²) >= 11 is 0. The fourth-order valence-corrected chi connectivity index (χ4v) is 1.70. The monoisotopic (exact) mass is 247 g/mol. The highest BCUT2D eigenvalue weighted by Gasteiger charge is 2.21. The van der Waals surface area contributed by atoms with Gasteiger partial charge in [-0.05, 0) is 32.9 Å². The van der Waals surface area contributed by atoms with E-state index in [1.54, 1.807) is 7.05 Å². The number of para-hydroxylation sites is 1. The second-order valence-corrected chi connectivity index (χ2v) is 5.01. The van der Waals surface area contributed by atoms with Gasteiger partial charge < -0.3 is 10.1 Å². The second kappa shape index (κ2) is 4.33. The third-order valence-electron chi connectivity index (χ3n) is 2.39. The summed E-state index contributed by atoms with van der Waals surface area (Å²) in [5.41, 5.74) is 0.195. The molecule has 5 heteroatoms. The quantitative estimate of drug-likeness (QED) is 0.841. The molecule has 0 saturated carbocycles. The second-order valence-electron chi connectivity index (χ2n) is 5.01. The van der Waals surface area contributed by atoms with Crippen LogP contribution in [0.2, 0.25) is 0 Å². The van der Waals surface area contributed by atoms with Crippen LogP contribution in [0.3, 0.4) is 0 Å². The third-order valence-corrected chi connectivity index (χ3v) is 2.39. The molecule has 0 fully saturated rings. The van der Waals surface area contributed by atoms with Gasteiger partial charge in [0.1, 0.15) is 5.60 Å². The number of benzene rings is 1. The largest absolute Gasteiger partial charge is 0.442 e. The molecule has 0 radical (unpaired) electrons. The van der Waals surface area contributed by atoms with E-state index in [0.717, 1.165) is 10.9 Å². The lowest BCUT2D eigenvalue weighted by Gasteiger charge is -2.19. The van der Waals surface area contributed by atoms with Crippen molar-refractivity contribution in [2.45, 2.75) is 26.4 Å². The van der Waals surface area contributed by atoms with Crippen LogP contribution in [0.25, 0.3) is 10.9 Å². The van der Waals surface area contributed by atoms with Crippen molar-refractivity contribution >= 4 is 22.8 Å². The van der Waals surface area contributed by atoms with Crippen LogP contribution < -0.4 is 5.32 Å². The first kappa shape index (κ1) is 12.4. The molecule has 0 saturated heterocycles. The molecule has 96 valence electrons. The summed E-state index contributed by atoms with van der Waals surface area (Å²) in [6, 6.07) is 7.52. The van der Waals surface area contributed by atoms with Crippen LogP contribution in [0.5, 0.6) is 0 Å². The number of ether oxygens (including phenoxy) is 1. The van der Waals surface area contributed by atoms with E-state index in [0.29, 0.717) is 5.82 Å². The predicted octanol–water partition coefficient (Wildman–Crippen LogP) is 2.86. The van der Waals surface area contributed by atoms with Crippen LogP contribution in [0.1, 0.15) is 20.8 Å². The van der Waals surface area contributed by atoms with E-state index >= 15 is 0 Å². The number of carbonyl (C=O) groups is 1. The van der Waals surface area contributed by atoms with Crippen molar-refractivity contribution < 1.29 is 9.53 Å². The van der Waals surface area contributed by atoms with Gasteiger partial charge in [-0.1, -0.05) is 12.1 Å². The standard InChI is InChI=1S/C13H17N3O2/c1-13(2,3)18-12(17)16-10-8-6-5-7-9(10)11(14-4)15-16/h5-8H,1-4H3,(H,14,15). The molecule has 1 N–H and O–H groups in total. The Morgan fingerprint density at radius 2 is 2.00 bits per heavy atom. The average Bonchev–Trinajstić information content (AvgIpc) is 2.65. The van der Waals surface area contributed by atoms with Crippen molar-refractivity contribution in [3.8, 4) is 0 Å². The minimum absolute atomic E-state index is 0.472. The number of rotatable bonds is 1. The third kappa shape index (κ3) is 2.30. The maximum atomic E-state index is 12.1. The molecule has 0 unspecified atom stereocenters. The normalized spacial score (nSPS) is 11.6. The Hall–Kier alpha value is -2.04. The molecule has 1 heterocycles. The summed E-state index contributed by atoms with van der Waals surface area (Å²) in [6.07, 6.45) is -0.472. The summed E-state index contributed by atoms with van der Waals surface area (Å²) in [5, 5.41) is 8.09. The molecular formula is C13H17N3O2. The Morgan fingerprint density at radius 1 is 1.33 bits per heavy atom. The molecule has 1 aromatic heterocycles. The molecule has 0 atom stereocenters. The van der Waals surface area contributed by atoms with Gasteiger partial charge in [-0.25, -0.2) is 4.79 Å². The van der Waals surface area contributed by atoms with Crippen molar-refractivity contribution in [1.82, 2.24) is 9.78 Å². The first-order valence-corrected chi connectivity index (χ1v) is 5.81. The smallest absolute Gasteiger partial charge is 0.435 e. The number of hydrogen-bond donors (Lipinski definition) is 1. The van der Waals surface area contributed by atoms with Crippen LogP contribution in [0.4, 0.5) is 10.6 Å². The molecule has 0 aliphatic heterocycles. The molecule has 0 amide bonds. The van der Waals surface area contributed by atoms with Gasteiger partial charge in [0.25, 0.3) is 0 Å². The van der Waals surface area contributed by atoms with Gasteiger partial charge in [0.15, 0.2) is 5.82 Å². The molecule has 0 bridgehead atoms. The lowest BCUT2D eigenvalue weighted by atomic mass is 10.2. The molecule has 0 aliphatic rings. The summed E-state index contributed by atoms with van der Waals surface area (Å²) in [7, 11) is 1.77. The Balaban J connectivity index is 2.48. The lowest BCUT2D eigenvalue weighted by molar-refractivity contribution is 0.0523. The SMILES string of the molecule is CNc1nn(C(=O)OC(C)(C)C)c2ccccc12. The number of fused-ring (bicyclic) bond motifs is 1. The minimum Gasteiger partial charge on any atom is -0.442 e. The van der Waals surface area contributed by atoms with Crippen molar-refractivity contribution in [2.24, 2.45) is 0 Å². The van der Waals surface area contributed by atoms with E-state index in [2.05, 4.69) is 10.4 Å². The molecule has 0 aliphatic carbocycles. The number of carbonyl (C=O) groups excluding carboxylic acids is 1. The van der Waals surface area contributed by atoms with Crippen molar-refractivity contribution in [1.29, 1.82) is 0 Å². The molecule has 2 aromatic rings. The van der Waals surface area contributed by atoms with Crippen molar-refractivity contribution in [3.63, 3.8) is 0 Å². The zero-order chi connectivity index (χ0) is 13.3. The fraction of sp³-hybridized carbons (Fsp3) is 0.385. The van der Waals surface area contributed by atoms with Gasteiger partial charge in [0.2, 0.25) is 0 Å². The zero-order valence-electron chi connectivity index (χ0n) is 11.0. The maximum absolute atomic E-state index is 12.1. The van der Waals surface area contributed by atoms with Crippen molar-refractivity contribution in [3.05, 3.63) is 24.3 Å². The number of aromatic nitrogens is 2. The Kier molecular flexibility index (Phi) is 2.98. The topological polar surface area (TPSA) is 56.2 Å². The molecule has 2 rings (SSSR count). The fourth-order valence-electron chi connectivity index (χ4n) is 1.70. The van der Waals surface area contributed by atoms with E-state index in [1.807, 2.05) is 45.0 Å². The minimum atomic E-state index is -0.538. The Morgan fingerprint density at radius 3 is 2.61 bits per heavy atom. The van der Waals surface area contributed by atoms with E-state index in [-0.39, 0.29) is 0 Å². The molecular weight excluding hydrogens is 230 g/mol. The van der Waals surface area contributed by atoms with Gasteiger partial charge in [0, 0.05) is 12.4 Å². The highest BCUT2D eigenvalue weighted by atomic mass is 16.6. The van der Waals surface area contributed by atoms with Crippen LogP contribution in [0.15, 0.2) is 24.3 Å². The molecule has 0 spiro atoms. The first-order chi connectivity index (χ1) is 8.42. The number of nitrogens with one attached hydrogen (secondary N) is 1. The highest BCUT2D eigenvalue weighted by Crippen LogP contribution is 2.23. The van der Waals surface area contributed by atoms with Crippen LogP contribution in [-0.2, 0) is 4.74 Å². The van der Waals surface area contributed by atoms with Gasteiger partial charge in [0.05, 0.1) is 5.52 Å². The molecule has 18 heavy (non-hydrogen) atoms. The maximum Gasteiger partial charge on any atom is 0.435 e. The van der Waals surface area contributed by atoms with Gasteiger partial charge in [-0.2, -0.15) is 4.68 Å². The zero-order valence-corrected chi connectivity index (χ0v) is 11.0. The van der Waals surface area contributed by atoms with E-state index in [4.69, 9.17) is 4.74 Å². The first-order valence-electron chi connectivity index (χ1n) is 5.81. The number of hydrogen-bond acceptors (Lipinski definition) is 4. The molecule has 1 aromatic carbocycles. The summed E-state index contributed by atoms with van der Waals surface area (Å²) in [5.74, 6) is 0.663. The Labute approximate surface area is 106 Å². The van der Waals surface area contributed by atoms with E-state index in [1.165, 1.54) is 4.68 Å². The molecule has 5 nitrogen and oxygen atoms in total. The summed E-state index contributed by atoms with van der Waals surface area (Å²) in [4.78, 5) is 12.1. The van der Waals surface area contributed by atoms with Gasteiger partial charge in [-0.3, -0.25) is 0 Å². The number of anilines is 1. The van der Waals surface area contributed by atoms with Gasteiger partial charge >= 0.3 is 6.09 Å². The summed E-state index contributed by atoms with van der Waals surface area (Å²) < 4.78 is 6.61. The van der Waals surface area contributed by atoms with Crippen LogP contribution in [0, 0.1) is 0 Å². The van der Waals surface area contributed by atoms with Gasteiger partial charge in [-0.15, -0.1) is 5.10 Å². The van der Waals surface area contributed by atoms with E-state index in [9.17, 15) is 4.79 Å². The lowest BCUT2D eigenvalue weighted by Crippen LogP contribution is -2.27. The Bertz CT molecular complexity index is 581. The van der Waals surface area contributed by atoms with Crippen molar-refractivity contribution in [2.75, 3.05) is 12.4 Å². The predicted molar refractivity (Wildman–Crippen MR) is 70.9 cm³/mol. The summed E-state index contributed by atoms with van der Waals surface area (Å²) in [6.45, 7) is 5.49. The number of nitrogens with zero attached hydrogens (tertiary/aromatic N) is 2. The van der Waals surface area contributed by atoms with Crippen LogP contribution in [-0.4, -0.2) is 28.5 Å². The van der Waals surface area contributed by atoms with E-state index < -0.39 is 11.7 Å². The highest BCUT2D eigenvalue weighted by molar-refractivity contribution is 5.95. The van der Waals surface area contributed by atoms with Crippen LogP contribution >= 0.6 is 0 Å².